The number of oxazole rings is 3. The van der Waals surface area contributed by atoms with Crippen LogP contribution in [0.5, 0.6) is 0 Å². The van der Waals surface area contributed by atoms with Gasteiger partial charge in [0.25, 0.3) is 0 Å². The van der Waals surface area contributed by atoms with Crippen LogP contribution in [0.25, 0.3) is 67.7 Å². The van der Waals surface area contributed by atoms with Crippen LogP contribution in [0.1, 0.15) is 0 Å². The van der Waals surface area contributed by atoms with E-state index in [-0.39, 0.29) is 19.5 Å². The van der Waals surface area contributed by atoms with Crippen molar-refractivity contribution < 1.29 is 32.7 Å². The van der Waals surface area contributed by atoms with Gasteiger partial charge in [-0.15, -0.1) is 0 Å². The molecule has 0 amide bonds. The zero-order chi connectivity index (χ0) is 30.3. The summed E-state index contributed by atoms with van der Waals surface area (Å²) in [6.45, 7) is 0. The summed E-state index contributed by atoms with van der Waals surface area (Å²) in [5.74, 6) is 2.03. The summed E-state index contributed by atoms with van der Waals surface area (Å²) >= 11 is 0. The van der Waals surface area contributed by atoms with Crippen LogP contribution < -0.4 is 0 Å². The number of benzene rings is 6. The predicted octanol–water partition coefficient (Wildman–Crippen LogP) is 10.5. The minimum atomic E-state index is 0. The maximum Gasteiger partial charge on any atom is 0.227 e. The monoisotopic (exact) mass is 687 g/mol. The fourth-order valence-corrected chi connectivity index (χ4v) is 4.73. The Morgan fingerprint density at radius 3 is 0.783 bits per heavy atom. The van der Waals surface area contributed by atoms with Crippen LogP contribution in [0.2, 0.25) is 0 Å². The Morgan fingerprint density at radius 1 is 0.283 bits per heavy atom. The average Bonchev–Trinajstić information content (AvgIpc) is 3.87. The zero-order valence-corrected chi connectivity index (χ0v) is 26.2. The van der Waals surface area contributed by atoms with Crippen LogP contribution >= 0.6 is 0 Å². The van der Waals surface area contributed by atoms with Gasteiger partial charge in [-0.3, -0.25) is 0 Å². The minimum Gasteiger partial charge on any atom is -0.436 e. The predicted molar refractivity (Wildman–Crippen MR) is 178 cm³/mol. The van der Waals surface area contributed by atoms with Crippen LogP contribution in [0.15, 0.2) is 177 Å². The molecule has 0 aliphatic heterocycles. The summed E-state index contributed by atoms with van der Waals surface area (Å²) in [5.41, 5.74) is 8.21. The third kappa shape index (κ3) is 7.01. The van der Waals surface area contributed by atoms with Crippen molar-refractivity contribution >= 4 is 33.3 Å². The number of hydrogen-bond donors (Lipinski definition) is 0. The summed E-state index contributed by atoms with van der Waals surface area (Å²) in [5, 5.41) is 0. The Morgan fingerprint density at radius 2 is 0.522 bits per heavy atom. The maximum absolute atomic E-state index is 5.64. The Balaban J connectivity index is 0.000000120. The van der Waals surface area contributed by atoms with Gasteiger partial charge in [-0.2, -0.15) is 0 Å². The first-order valence-corrected chi connectivity index (χ1v) is 14.5. The van der Waals surface area contributed by atoms with Crippen LogP contribution in [0, 0.1) is 0 Å². The van der Waals surface area contributed by atoms with E-state index in [2.05, 4.69) is 15.0 Å². The Kier molecular flexibility index (Phi) is 9.53. The smallest absolute Gasteiger partial charge is 0.227 e. The Bertz CT molecular complexity index is 1920. The van der Waals surface area contributed by atoms with Gasteiger partial charge in [-0.05, 0) is 72.8 Å². The standard InChI is InChI=1S/3C13H9NO.Ru/c3*1-2-6-10(7-3-1)13-14-11-8-4-5-9-12(11)15-13;/h3*1-9H;. The summed E-state index contributed by atoms with van der Waals surface area (Å²) in [6, 6.07) is 53.1. The van der Waals surface area contributed by atoms with Crippen molar-refractivity contribution in [3.63, 3.8) is 0 Å². The summed E-state index contributed by atoms with van der Waals surface area (Å²) in [6.07, 6.45) is 0. The quantitative estimate of drug-likeness (QED) is 0.172. The summed E-state index contributed by atoms with van der Waals surface area (Å²) < 4.78 is 16.9. The van der Waals surface area contributed by atoms with Crippen LogP contribution in [-0.2, 0) is 19.5 Å². The van der Waals surface area contributed by atoms with Gasteiger partial charge in [0.05, 0.1) is 0 Å². The molecular weight excluding hydrogens is 660 g/mol. The molecule has 0 aliphatic rings. The molecule has 0 bridgehead atoms. The first-order valence-electron chi connectivity index (χ1n) is 14.5. The van der Waals surface area contributed by atoms with Crippen molar-refractivity contribution in [1.29, 1.82) is 0 Å². The van der Waals surface area contributed by atoms with E-state index in [0.29, 0.717) is 17.7 Å². The second-order valence-electron chi connectivity index (χ2n) is 10.1. The topological polar surface area (TPSA) is 78.1 Å². The number of fused-ring (bicyclic) bond motifs is 3. The number of hydrogen-bond acceptors (Lipinski definition) is 6. The van der Waals surface area contributed by atoms with Gasteiger partial charge in [0.2, 0.25) is 17.7 Å². The van der Waals surface area contributed by atoms with Gasteiger partial charge in [0.1, 0.15) is 16.6 Å². The van der Waals surface area contributed by atoms with Gasteiger partial charge in [0.15, 0.2) is 16.7 Å². The molecule has 3 aromatic heterocycles. The molecule has 0 radical (unpaired) electrons. The molecule has 0 unspecified atom stereocenters. The summed E-state index contributed by atoms with van der Waals surface area (Å²) in [7, 11) is 0. The van der Waals surface area contributed by atoms with Crippen LogP contribution in [0.3, 0.4) is 0 Å². The molecule has 6 aromatic carbocycles. The fourth-order valence-electron chi connectivity index (χ4n) is 4.73. The van der Waals surface area contributed by atoms with E-state index in [4.69, 9.17) is 13.3 Å². The molecular formula is C39H27N3O3Ru. The first-order chi connectivity index (χ1) is 22.3. The second-order valence-corrected chi connectivity index (χ2v) is 10.1. The normalized spacial score (nSPS) is 10.4. The average molecular weight is 687 g/mol. The molecule has 0 saturated heterocycles. The molecule has 7 heteroatoms. The van der Waals surface area contributed by atoms with E-state index in [1.54, 1.807) is 0 Å². The fraction of sp³-hybridized carbons (Fsp3) is 0. The van der Waals surface area contributed by atoms with Crippen molar-refractivity contribution in [2.75, 3.05) is 0 Å². The van der Waals surface area contributed by atoms with Crippen LogP contribution in [-0.4, -0.2) is 15.0 Å². The maximum atomic E-state index is 5.64. The number of nitrogens with zero attached hydrogens (tertiary/aromatic N) is 3. The first kappa shape index (κ1) is 30.4. The van der Waals surface area contributed by atoms with Gasteiger partial charge in [0, 0.05) is 36.2 Å². The van der Waals surface area contributed by atoms with Crippen molar-refractivity contribution in [2.45, 2.75) is 0 Å². The molecule has 0 atom stereocenters. The van der Waals surface area contributed by atoms with Crippen molar-refractivity contribution in [2.24, 2.45) is 0 Å². The van der Waals surface area contributed by atoms with E-state index in [0.717, 1.165) is 50.0 Å². The molecule has 6 nitrogen and oxygen atoms in total. The van der Waals surface area contributed by atoms with Crippen molar-refractivity contribution in [3.05, 3.63) is 164 Å². The van der Waals surface area contributed by atoms with Gasteiger partial charge < -0.3 is 13.3 Å². The van der Waals surface area contributed by atoms with Gasteiger partial charge >= 0.3 is 0 Å². The summed E-state index contributed by atoms with van der Waals surface area (Å²) in [4.78, 5) is 13.2. The SMILES string of the molecule is [Ru].c1ccc(-c2nc3ccccc3o2)cc1.c1ccc(-c2nc3ccccc3o2)cc1.c1ccc(-c2nc3ccccc3o2)cc1. The van der Waals surface area contributed by atoms with Crippen LogP contribution in [0.4, 0.5) is 0 Å². The molecule has 9 rings (SSSR count). The number of rotatable bonds is 3. The van der Waals surface area contributed by atoms with Crippen molar-refractivity contribution in [3.8, 4) is 34.4 Å². The molecule has 0 aliphatic carbocycles. The Hall–Kier alpha value is -5.65. The van der Waals surface area contributed by atoms with E-state index < -0.39 is 0 Å². The molecule has 3 heterocycles. The zero-order valence-electron chi connectivity index (χ0n) is 24.5. The van der Waals surface area contributed by atoms with Gasteiger partial charge in [-0.25, -0.2) is 15.0 Å². The van der Waals surface area contributed by atoms with Gasteiger partial charge in [-0.1, -0.05) is 91.0 Å². The Labute approximate surface area is 278 Å². The molecule has 0 spiro atoms. The molecule has 46 heavy (non-hydrogen) atoms. The van der Waals surface area contributed by atoms with Crippen molar-refractivity contribution in [1.82, 2.24) is 15.0 Å². The molecule has 0 saturated carbocycles. The third-order valence-corrected chi connectivity index (χ3v) is 6.94. The van der Waals surface area contributed by atoms with E-state index in [9.17, 15) is 0 Å². The number of para-hydroxylation sites is 6. The van der Waals surface area contributed by atoms with E-state index >= 15 is 0 Å². The molecule has 0 fully saturated rings. The van der Waals surface area contributed by atoms with E-state index in [1.165, 1.54) is 0 Å². The molecule has 0 N–H and O–H groups in total. The largest absolute Gasteiger partial charge is 0.436 e. The van der Waals surface area contributed by atoms with E-state index in [1.807, 2.05) is 164 Å². The number of aromatic nitrogens is 3. The second kappa shape index (κ2) is 14.4. The minimum absolute atomic E-state index is 0. The molecule has 224 valence electrons. The third-order valence-electron chi connectivity index (χ3n) is 6.94. The molecule has 9 aromatic rings.